The standard InChI is InChI=1S/C30H43F3O2/c1-19-4-6-20(7-5-19)12-17-29(35,30(31,32)33)26-11-10-24-23-9-8-21-18-22(34)13-15-27(21,2)25(23)14-16-28(24,26)3/h4-7,21-26,34-35H,8-18H2,1-3H3/t21-,22-,23-,24-,25-,26-,27-,28-,29+/m0/s1. The molecule has 4 aliphatic rings. The summed E-state index contributed by atoms with van der Waals surface area (Å²) < 4.78 is 43.9. The molecule has 4 fully saturated rings. The summed E-state index contributed by atoms with van der Waals surface area (Å²) in [6.07, 6.45) is 3.08. The predicted molar refractivity (Wildman–Crippen MR) is 132 cm³/mol. The van der Waals surface area contributed by atoms with Gasteiger partial charge in [-0.2, -0.15) is 13.2 Å². The van der Waals surface area contributed by atoms with Gasteiger partial charge in [0.25, 0.3) is 0 Å². The summed E-state index contributed by atoms with van der Waals surface area (Å²) in [5.41, 5.74) is -0.987. The average Bonchev–Trinajstić information content (AvgIpc) is 3.16. The van der Waals surface area contributed by atoms with Gasteiger partial charge in [-0.3, -0.25) is 0 Å². The van der Waals surface area contributed by atoms with Crippen LogP contribution in [0, 0.1) is 47.3 Å². The fraction of sp³-hybridized carbons (Fsp3) is 0.800. The van der Waals surface area contributed by atoms with Gasteiger partial charge in [-0.15, -0.1) is 0 Å². The first-order valence-electron chi connectivity index (χ1n) is 13.9. The van der Waals surface area contributed by atoms with Crippen LogP contribution in [0.5, 0.6) is 0 Å². The van der Waals surface area contributed by atoms with E-state index < -0.39 is 23.1 Å². The van der Waals surface area contributed by atoms with Gasteiger partial charge in [0.05, 0.1) is 6.10 Å². The molecule has 5 rings (SSSR count). The van der Waals surface area contributed by atoms with Crippen molar-refractivity contribution in [2.45, 2.75) is 109 Å². The fourth-order valence-corrected chi connectivity index (χ4v) is 9.62. The molecule has 0 unspecified atom stereocenters. The lowest BCUT2D eigenvalue weighted by atomic mass is 9.44. The molecule has 1 aromatic rings. The third-order valence-corrected chi connectivity index (χ3v) is 11.6. The summed E-state index contributed by atoms with van der Waals surface area (Å²) in [6.45, 7) is 6.45. The van der Waals surface area contributed by atoms with Gasteiger partial charge in [-0.1, -0.05) is 43.7 Å². The van der Waals surface area contributed by atoms with E-state index in [0.29, 0.717) is 24.2 Å². The first kappa shape index (κ1) is 25.6. The number of alkyl halides is 3. The van der Waals surface area contributed by atoms with Crippen LogP contribution in [0.25, 0.3) is 0 Å². The largest absolute Gasteiger partial charge is 0.417 e. The number of hydrogen-bond acceptors (Lipinski definition) is 2. The molecule has 0 bridgehead atoms. The number of hydrogen-bond donors (Lipinski definition) is 2. The van der Waals surface area contributed by atoms with E-state index in [9.17, 15) is 23.4 Å². The molecule has 0 spiro atoms. The minimum absolute atomic E-state index is 0.190. The molecule has 0 heterocycles. The normalized spacial score (nSPS) is 43.1. The zero-order valence-corrected chi connectivity index (χ0v) is 21.6. The Labute approximate surface area is 208 Å². The Bertz CT molecular complexity index is 913. The van der Waals surface area contributed by atoms with Crippen LogP contribution in [0.4, 0.5) is 13.2 Å². The lowest BCUT2D eigenvalue weighted by Gasteiger charge is -2.61. The maximum atomic E-state index is 14.6. The topological polar surface area (TPSA) is 40.5 Å². The van der Waals surface area contributed by atoms with Crippen LogP contribution in [0.15, 0.2) is 24.3 Å². The van der Waals surface area contributed by atoms with Crippen molar-refractivity contribution in [1.29, 1.82) is 0 Å². The molecule has 0 amide bonds. The van der Waals surface area contributed by atoms with Crippen molar-refractivity contribution in [3.8, 4) is 0 Å². The molecule has 35 heavy (non-hydrogen) atoms. The molecule has 2 nitrogen and oxygen atoms in total. The maximum Gasteiger partial charge on any atom is 0.417 e. The van der Waals surface area contributed by atoms with Gasteiger partial charge in [0, 0.05) is 5.92 Å². The highest BCUT2D eigenvalue weighted by atomic mass is 19.4. The summed E-state index contributed by atoms with van der Waals surface area (Å²) in [7, 11) is 0. The second kappa shape index (κ2) is 8.75. The summed E-state index contributed by atoms with van der Waals surface area (Å²) in [4.78, 5) is 0. The Kier molecular flexibility index (Phi) is 6.40. The van der Waals surface area contributed by atoms with Crippen LogP contribution >= 0.6 is 0 Å². The molecule has 0 radical (unpaired) electrons. The zero-order chi connectivity index (χ0) is 25.2. The zero-order valence-electron chi connectivity index (χ0n) is 21.6. The van der Waals surface area contributed by atoms with Crippen LogP contribution in [-0.4, -0.2) is 28.1 Å². The van der Waals surface area contributed by atoms with Crippen molar-refractivity contribution in [3.05, 3.63) is 35.4 Å². The average molecular weight is 493 g/mol. The third-order valence-electron chi connectivity index (χ3n) is 11.6. The van der Waals surface area contributed by atoms with E-state index in [-0.39, 0.29) is 30.3 Å². The van der Waals surface area contributed by atoms with E-state index in [1.165, 1.54) is 0 Å². The van der Waals surface area contributed by atoms with E-state index >= 15 is 0 Å². The molecular weight excluding hydrogens is 449 g/mol. The van der Waals surface area contributed by atoms with Crippen LogP contribution < -0.4 is 0 Å². The summed E-state index contributed by atoms with van der Waals surface area (Å²) in [5.74, 6) is 1.03. The minimum atomic E-state index is -4.64. The van der Waals surface area contributed by atoms with Crippen LogP contribution in [0.1, 0.15) is 89.2 Å². The van der Waals surface area contributed by atoms with Crippen molar-refractivity contribution in [1.82, 2.24) is 0 Å². The van der Waals surface area contributed by atoms with Crippen molar-refractivity contribution >= 4 is 0 Å². The van der Waals surface area contributed by atoms with Crippen molar-refractivity contribution < 1.29 is 23.4 Å². The molecule has 0 saturated heterocycles. The summed E-state index contributed by atoms with van der Waals surface area (Å²) in [5, 5.41) is 21.7. The summed E-state index contributed by atoms with van der Waals surface area (Å²) >= 11 is 0. The highest BCUT2D eigenvalue weighted by Gasteiger charge is 2.68. The first-order chi connectivity index (χ1) is 16.4. The van der Waals surface area contributed by atoms with Gasteiger partial charge in [0.15, 0.2) is 5.60 Å². The number of benzene rings is 1. The molecule has 2 N–H and O–H groups in total. The molecule has 0 aliphatic heterocycles. The van der Waals surface area contributed by atoms with Gasteiger partial charge in [0.1, 0.15) is 0 Å². The Hall–Kier alpha value is -1.07. The van der Waals surface area contributed by atoms with Crippen LogP contribution in [0.3, 0.4) is 0 Å². The van der Waals surface area contributed by atoms with E-state index in [1.54, 1.807) is 0 Å². The smallest absolute Gasteiger partial charge is 0.393 e. The fourth-order valence-electron chi connectivity index (χ4n) is 9.62. The van der Waals surface area contributed by atoms with Gasteiger partial charge in [0.2, 0.25) is 0 Å². The number of aliphatic hydroxyl groups is 2. The van der Waals surface area contributed by atoms with E-state index in [1.807, 2.05) is 31.2 Å². The molecule has 1 aromatic carbocycles. The molecule has 9 atom stereocenters. The van der Waals surface area contributed by atoms with Gasteiger partial charge in [-0.05, 0) is 118 Å². The quantitative estimate of drug-likeness (QED) is 0.465. The third kappa shape index (κ3) is 4.07. The highest BCUT2D eigenvalue weighted by molar-refractivity contribution is 5.22. The van der Waals surface area contributed by atoms with E-state index in [0.717, 1.165) is 62.5 Å². The van der Waals surface area contributed by atoms with Crippen molar-refractivity contribution in [2.24, 2.45) is 40.4 Å². The highest BCUT2D eigenvalue weighted by Crippen LogP contribution is 2.69. The Morgan fingerprint density at radius 2 is 1.54 bits per heavy atom. The Morgan fingerprint density at radius 1 is 0.886 bits per heavy atom. The van der Waals surface area contributed by atoms with E-state index in [4.69, 9.17) is 0 Å². The van der Waals surface area contributed by atoms with E-state index in [2.05, 4.69) is 13.8 Å². The lowest BCUT2D eigenvalue weighted by Crippen LogP contribution is -2.59. The van der Waals surface area contributed by atoms with Crippen molar-refractivity contribution in [3.63, 3.8) is 0 Å². The minimum Gasteiger partial charge on any atom is -0.393 e. The second-order valence-electron chi connectivity index (χ2n) is 13.2. The lowest BCUT2D eigenvalue weighted by molar-refractivity contribution is -0.296. The van der Waals surface area contributed by atoms with Gasteiger partial charge < -0.3 is 10.2 Å². The Balaban J connectivity index is 1.39. The Morgan fingerprint density at radius 3 is 2.23 bits per heavy atom. The first-order valence-corrected chi connectivity index (χ1v) is 13.9. The SMILES string of the molecule is Cc1ccc(CC[C@@](O)([C@H]2CC[C@H]3[C@@H]4CC[C@H]5C[C@@H](O)CC[C@]5(C)[C@H]4CC[C@@]32C)C(F)(F)F)cc1. The number of rotatable bonds is 4. The number of aryl methyl sites for hydroxylation is 2. The molecule has 0 aromatic heterocycles. The van der Waals surface area contributed by atoms with Gasteiger partial charge >= 0.3 is 6.18 Å². The second-order valence-corrected chi connectivity index (χ2v) is 13.2. The van der Waals surface area contributed by atoms with Crippen molar-refractivity contribution in [2.75, 3.05) is 0 Å². The maximum absolute atomic E-state index is 14.6. The number of fused-ring (bicyclic) bond motifs is 5. The molecular formula is C30H43F3O2. The molecule has 4 saturated carbocycles. The predicted octanol–water partition coefficient (Wildman–Crippen LogP) is 7.24. The molecule has 196 valence electrons. The monoisotopic (exact) mass is 492 g/mol. The number of halogens is 3. The van der Waals surface area contributed by atoms with Gasteiger partial charge in [-0.25, -0.2) is 0 Å². The molecule has 4 aliphatic carbocycles. The number of aliphatic hydroxyl groups excluding tert-OH is 1. The van der Waals surface area contributed by atoms with Crippen LogP contribution in [-0.2, 0) is 6.42 Å². The molecule has 5 heteroatoms. The summed E-state index contributed by atoms with van der Waals surface area (Å²) in [6, 6.07) is 7.63. The van der Waals surface area contributed by atoms with Crippen LogP contribution in [0.2, 0.25) is 0 Å².